The Hall–Kier alpha value is -2.29. The van der Waals surface area contributed by atoms with Crippen molar-refractivity contribution in [2.45, 2.75) is 32.7 Å². The summed E-state index contributed by atoms with van der Waals surface area (Å²) >= 11 is 0. The highest BCUT2D eigenvalue weighted by Gasteiger charge is 2.20. The zero-order chi connectivity index (χ0) is 15.5. The molecule has 0 aromatic heterocycles. The Morgan fingerprint density at radius 3 is 2.33 bits per heavy atom. The monoisotopic (exact) mass is 283 g/mol. The summed E-state index contributed by atoms with van der Waals surface area (Å²) in [6.07, 6.45) is 0. The van der Waals surface area contributed by atoms with Crippen molar-refractivity contribution in [3.63, 3.8) is 0 Å². The van der Waals surface area contributed by atoms with Crippen molar-refractivity contribution in [1.29, 1.82) is 0 Å². The fourth-order valence-corrected chi connectivity index (χ4v) is 2.27. The molecule has 0 saturated carbocycles. The first kappa shape index (κ1) is 15.1. The van der Waals surface area contributed by atoms with E-state index in [1.54, 1.807) is 18.2 Å². The summed E-state index contributed by atoms with van der Waals surface area (Å²) in [6, 6.07) is 14.6. The number of benzene rings is 2. The second kappa shape index (κ2) is 6.00. The van der Waals surface area contributed by atoms with Crippen LogP contribution in [0.2, 0.25) is 0 Å². The number of carbonyl (C=O) groups excluding carboxylic acids is 1. The standard InChI is InChI=1S/C18H21NO2/c1-18(2,3)15-10-6-5-9-14(15)17(21)19-12-13-8-4-7-11-16(13)20/h4-11,20H,12H2,1-3H3,(H,19,21). The van der Waals surface area contributed by atoms with Crippen LogP contribution in [0.25, 0.3) is 0 Å². The van der Waals surface area contributed by atoms with E-state index in [1.807, 2.05) is 30.3 Å². The number of rotatable bonds is 3. The van der Waals surface area contributed by atoms with Crippen molar-refractivity contribution in [1.82, 2.24) is 5.32 Å². The fourth-order valence-electron chi connectivity index (χ4n) is 2.27. The van der Waals surface area contributed by atoms with Gasteiger partial charge in [0.15, 0.2) is 0 Å². The molecule has 0 atom stereocenters. The first-order chi connectivity index (χ1) is 9.89. The van der Waals surface area contributed by atoms with Gasteiger partial charge in [0, 0.05) is 17.7 Å². The number of carbonyl (C=O) groups is 1. The number of hydrogen-bond donors (Lipinski definition) is 2. The van der Waals surface area contributed by atoms with E-state index in [-0.39, 0.29) is 17.1 Å². The number of para-hydroxylation sites is 1. The van der Waals surface area contributed by atoms with Crippen molar-refractivity contribution in [2.75, 3.05) is 0 Å². The first-order valence-electron chi connectivity index (χ1n) is 7.04. The molecule has 3 heteroatoms. The Balaban J connectivity index is 2.17. The van der Waals surface area contributed by atoms with Gasteiger partial charge in [0.2, 0.25) is 0 Å². The number of phenolic OH excluding ortho intramolecular Hbond substituents is 1. The molecule has 0 fully saturated rings. The third-order valence-electron chi connectivity index (χ3n) is 3.41. The maximum atomic E-state index is 12.4. The van der Waals surface area contributed by atoms with Crippen LogP contribution in [-0.4, -0.2) is 11.0 Å². The highest BCUT2D eigenvalue weighted by molar-refractivity contribution is 5.96. The van der Waals surface area contributed by atoms with Crippen LogP contribution in [0.5, 0.6) is 5.75 Å². The van der Waals surface area contributed by atoms with Crippen molar-refractivity contribution in [3.8, 4) is 5.75 Å². The van der Waals surface area contributed by atoms with Gasteiger partial charge >= 0.3 is 0 Å². The number of aromatic hydroxyl groups is 1. The average molecular weight is 283 g/mol. The first-order valence-corrected chi connectivity index (χ1v) is 7.04. The minimum Gasteiger partial charge on any atom is -0.508 e. The molecule has 0 aliphatic carbocycles. The Labute approximate surface area is 125 Å². The van der Waals surface area contributed by atoms with Crippen LogP contribution < -0.4 is 5.32 Å². The fraction of sp³-hybridized carbons (Fsp3) is 0.278. The molecule has 2 aromatic carbocycles. The van der Waals surface area contributed by atoms with Crippen LogP contribution in [0.3, 0.4) is 0 Å². The maximum absolute atomic E-state index is 12.4. The summed E-state index contributed by atoms with van der Waals surface area (Å²) in [7, 11) is 0. The Kier molecular flexibility index (Phi) is 4.32. The minimum absolute atomic E-state index is 0.0944. The van der Waals surface area contributed by atoms with Gasteiger partial charge in [-0.25, -0.2) is 0 Å². The van der Waals surface area contributed by atoms with Crippen LogP contribution >= 0.6 is 0 Å². The van der Waals surface area contributed by atoms with Gasteiger partial charge in [0.1, 0.15) is 5.75 Å². The predicted molar refractivity (Wildman–Crippen MR) is 84.4 cm³/mol. The van der Waals surface area contributed by atoms with Gasteiger partial charge in [-0.15, -0.1) is 0 Å². The van der Waals surface area contributed by atoms with Crippen LogP contribution in [0.1, 0.15) is 42.3 Å². The lowest BCUT2D eigenvalue weighted by molar-refractivity contribution is 0.0948. The van der Waals surface area contributed by atoms with Gasteiger partial charge in [-0.05, 0) is 23.1 Å². The number of amides is 1. The largest absolute Gasteiger partial charge is 0.508 e. The summed E-state index contributed by atoms with van der Waals surface area (Å²) in [6.45, 7) is 6.57. The van der Waals surface area contributed by atoms with E-state index >= 15 is 0 Å². The Morgan fingerprint density at radius 2 is 1.67 bits per heavy atom. The van der Waals surface area contributed by atoms with E-state index in [0.29, 0.717) is 17.7 Å². The van der Waals surface area contributed by atoms with Crippen molar-refractivity contribution < 1.29 is 9.90 Å². The number of phenols is 1. The van der Waals surface area contributed by atoms with Crippen molar-refractivity contribution >= 4 is 5.91 Å². The summed E-state index contributed by atoms with van der Waals surface area (Å²) in [4.78, 5) is 12.4. The van der Waals surface area contributed by atoms with Crippen LogP contribution in [0.15, 0.2) is 48.5 Å². The molecule has 110 valence electrons. The molecule has 0 radical (unpaired) electrons. The Morgan fingerprint density at radius 1 is 1.05 bits per heavy atom. The SMILES string of the molecule is CC(C)(C)c1ccccc1C(=O)NCc1ccccc1O. The number of nitrogens with one attached hydrogen (secondary N) is 1. The molecule has 2 rings (SSSR count). The van der Waals surface area contributed by atoms with Gasteiger partial charge in [0.25, 0.3) is 5.91 Å². The molecule has 0 unspecified atom stereocenters. The number of hydrogen-bond acceptors (Lipinski definition) is 2. The van der Waals surface area contributed by atoms with Gasteiger partial charge in [0.05, 0.1) is 0 Å². The maximum Gasteiger partial charge on any atom is 0.251 e. The zero-order valence-corrected chi connectivity index (χ0v) is 12.7. The van der Waals surface area contributed by atoms with Crippen molar-refractivity contribution in [2.24, 2.45) is 0 Å². The lowest BCUT2D eigenvalue weighted by atomic mass is 9.83. The Bertz CT molecular complexity index is 642. The topological polar surface area (TPSA) is 49.3 Å². The third kappa shape index (κ3) is 3.63. The van der Waals surface area contributed by atoms with Crippen LogP contribution in [0.4, 0.5) is 0 Å². The lowest BCUT2D eigenvalue weighted by Crippen LogP contribution is -2.26. The van der Waals surface area contributed by atoms with Gasteiger partial charge in [-0.3, -0.25) is 4.79 Å². The molecular formula is C18H21NO2. The van der Waals surface area contributed by atoms with Crippen molar-refractivity contribution in [3.05, 3.63) is 65.2 Å². The predicted octanol–water partition coefficient (Wildman–Crippen LogP) is 3.62. The van der Waals surface area contributed by atoms with Crippen LogP contribution in [-0.2, 0) is 12.0 Å². The molecular weight excluding hydrogens is 262 g/mol. The van der Waals surface area contributed by atoms with E-state index in [9.17, 15) is 9.90 Å². The lowest BCUT2D eigenvalue weighted by Gasteiger charge is -2.22. The highest BCUT2D eigenvalue weighted by atomic mass is 16.3. The second-order valence-electron chi connectivity index (χ2n) is 6.11. The summed E-state index contributed by atoms with van der Waals surface area (Å²) in [5.74, 6) is 0.0747. The summed E-state index contributed by atoms with van der Waals surface area (Å²) in [5, 5.41) is 12.6. The normalized spacial score (nSPS) is 11.2. The van der Waals surface area contributed by atoms with Gasteiger partial charge < -0.3 is 10.4 Å². The minimum atomic E-state index is -0.122. The smallest absolute Gasteiger partial charge is 0.251 e. The molecule has 3 nitrogen and oxygen atoms in total. The summed E-state index contributed by atoms with van der Waals surface area (Å²) < 4.78 is 0. The molecule has 0 aliphatic heterocycles. The molecule has 21 heavy (non-hydrogen) atoms. The quantitative estimate of drug-likeness (QED) is 0.904. The molecule has 0 saturated heterocycles. The third-order valence-corrected chi connectivity index (χ3v) is 3.41. The molecule has 0 bridgehead atoms. The van der Waals surface area contributed by atoms with E-state index in [4.69, 9.17) is 0 Å². The van der Waals surface area contributed by atoms with E-state index < -0.39 is 0 Å². The molecule has 0 heterocycles. The molecule has 2 aromatic rings. The van der Waals surface area contributed by atoms with Gasteiger partial charge in [-0.2, -0.15) is 0 Å². The summed E-state index contributed by atoms with van der Waals surface area (Å²) in [5.41, 5.74) is 2.31. The zero-order valence-electron chi connectivity index (χ0n) is 12.7. The highest BCUT2D eigenvalue weighted by Crippen LogP contribution is 2.25. The van der Waals surface area contributed by atoms with Gasteiger partial charge in [-0.1, -0.05) is 57.2 Å². The average Bonchev–Trinajstić information content (AvgIpc) is 2.45. The van der Waals surface area contributed by atoms with E-state index in [1.165, 1.54) is 0 Å². The van der Waals surface area contributed by atoms with Crippen LogP contribution in [0, 0.1) is 0 Å². The van der Waals surface area contributed by atoms with E-state index in [2.05, 4.69) is 26.1 Å². The molecule has 1 amide bonds. The molecule has 2 N–H and O–H groups in total. The van der Waals surface area contributed by atoms with E-state index in [0.717, 1.165) is 5.56 Å². The second-order valence-corrected chi connectivity index (χ2v) is 6.11. The molecule has 0 aliphatic rings. The molecule has 0 spiro atoms.